The minimum Gasteiger partial charge on any atom is -0.368 e. The Hall–Kier alpha value is -1.26. The molecule has 3 rings (SSSR count). The number of anilines is 1. The van der Waals surface area contributed by atoms with Crippen molar-refractivity contribution in [1.29, 1.82) is 0 Å². The number of nitrogens with zero attached hydrogens (tertiary/aromatic N) is 2. The molecule has 0 unspecified atom stereocenters. The summed E-state index contributed by atoms with van der Waals surface area (Å²) >= 11 is 2.06. The Kier molecular flexibility index (Phi) is 4.20. The van der Waals surface area contributed by atoms with Crippen LogP contribution in [-0.4, -0.2) is 47.6 Å². The van der Waals surface area contributed by atoms with E-state index < -0.39 is 0 Å². The molecule has 0 bridgehead atoms. The molecule has 0 aliphatic carbocycles. The molecule has 1 aromatic heterocycles. The maximum atomic E-state index is 4.46. The van der Waals surface area contributed by atoms with Gasteiger partial charge in [0, 0.05) is 49.3 Å². The van der Waals surface area contributed by atoms with E-state index in [0.29, 0.717) is 0 Å². The lowest BCUT2D eigenvalue weighted by Gasteiger charge is -2.26. The summed E-state index contributed by atoms with van der Waals surface area (Å²) in [5, 5.41) is 5.93. The van der Waals surface area contributed by atoms with Gasteiger partial charge >= 0.3 is 0 Å². The van der Waals surface area contributed by atoms with Gasteiger partial charge in [-0.25, -0.2) is 4.98 Å². The molecule has 0 radical (unpaired) electrons. The van der Waals surface area contributed by atoms with E-state index in [2.05, 4.69) is 57.3 Å². The summed E-state index contributed by atoms with van der Waals surface area (Å²) in [6.07, 6.45) is 1.88. The topological polar surface area (TPSA) is 28.2 Å². The number of thioether (sulfide) groups is 1. The molecule has 2 aromatic rings. The zero-order valence-corrected chi connectivity index (χ0v) is 11.8. The Morgan fingerprint density at radius 2 is 2.00 bits per heavy atom. The first-order valence-corrected chi connectivity index (χ1v) is 7.97. The van der Waals surface area contributed by atoms with E-state index in [9.17, 15) is 0 Å². The molecule has 0 spiro atoms. The number of hydrogen-bond donors (Lipinski definition) is 1. The lowest BCUT2D eigenvalue weighted by Crippen LogP contribution is -2.36. The lowest BCUT2D eigenvalue weighted by molar-refractivity contribution is 0.314. The molecule has 0 saturated carbocycles. The summed E-state index contributed by atoms with van der Waals surface area (Å²) in [5.41, 5.74) is 0. The fourth-order valence-electron chi connectivity index (χ4n) is 2.42. The molecule has 1 aliphatic rings. The largest absolute Gasteiger partial charge is 0.368 e. The summed E-state index contributed by atoms with van der Waals surface area (Å²) in [7, 11) is 0. The van der Waals surface area contributed by atoms with E-state index >= 15 is 0 Å². The molecule has 1 aliphatic heterocycles. The molecule has 1 N–H and O–H groups in total. The number of pyridine rings is 1. The van der Waals surface area contributed by atoms with E-state index in [4.69, 9.17) is 0 Å². The van der Waals surface area contributed by atoms with E-state index in [-0.39, 0.29) is 0 Å². The van der Waals surface area contributed by atoms with Gasteiger partial charge in [-0.1, -0.05) is 24.3 Å². The molecule has 1 fully saturated rings. The number of aromatic nitrogens is 1. The zero-order valence-electron chi connectivity index (χ0n) is 11.0. The molecule has 3 nitrogen and oxygen atoms in total. The van der Waals surface area contributed by atoms with E-state index in [1.165, 1.54) is 35.4 Å². The third-order valence-corrected chi connectivity index (χ3v) is 4.44. The highest BCUT2D eigenvalue weighted by molar-refractivity contribution is 7.99. The predicted molar refractivity (Wildman–Crippen MR) is 84.0 cm³/mol. The van der Waals surface area contributed by atoms with Gasteiger partial charge in [-0.3, -0.25) is 4.90 Å². The van der Waals surface area contributed by atoms with Gasteiger partial charge in [-0.2, -0.15) is 11.8 Å². The van der Waals surface area contributed by atoms with Crippen LogP contribution in [0, 0.1) is 0 Å². The molecule has 100 valence electrons. The van der Waals surface area contributed by atoms with E-state index in [1.54, 1.807) is 0 Å². The van der Waals surface area contributed by atoms with Crippen LogP contribution >= 0.6 is 11.8 Å². The van der Waals surface area contributed by atoms with Gasteiger partial charge in [0.15, 0.2) is 0 Å². The lowest BCUT2D eigenvalue weighted by atomic mass is 10.1. The van der Waals surface area contributed by atoms with Crippen LogP contribution in [-0.2, 0) is 0 Å². The van der Waals surface area contributed by atoms with Crippen molar-refractivity contribution in [2.75, 3.05) is 43.0 Å². The highest BCUT2D eigenvalue weighted by atomic mass is 32.2. The zero-order chi connectivity index (χ0) is 12.9. The number of rotatable bonds is 4. The van der Waals surface area contributed by atoms with Gasteiger partial charge < -0.3 is 5.32 Å². The smallest absolute Gasteiger partial charge is 0.133 e. The van der Waals surface area contributed by atoms with Crippen LogP contribution in [0.2, 0.25) is 0 Å². The third-order valence-electron chi connectivity index (χ3n) is 3.50. The van der Waals surface area contributed by atoms with Crippen molar-refractivity contribution in [3.63, 3.8) is 0 Å². The van der Waals surface area contributed by atoms with Gasteiger partial charge in [0.05, 0.1) is 0 Å². The highest BCUT2D eigenvalue weighted by Gasteiger charge is 2.09. The van der Waals surface area contributed by atoms with Crippen molar-refractivity contribution in [3.05, 3.63) is 36.5 Å². The van der Waals surface area contributed by atoms with Crippen LogP contribution in [0.3, 0.4) is 0 Å². The SMILES string of the molecule is c1ccc2c(NCCN3CCSCC3)nccc2c1. The summed E-state index contributed by atoms with van der Waals surface area (Å²) in [4.78, 5) is 6.98. The van der Waals surface area contributed by atoms with Crippen LogP contribution in [0.1, 0.15) is 0 Å². The van der Waals surface area contributed by atoms with Crippen LogP contribution in [0.15, 0.2) is 36.5 Å². The Balaban J connectivity index is 1.62. The van der Waals surface area contributed by atoms with Gasteiger partial charge in [0.25, 0.3) is 0 Å². The molecule has 2 heterocycles. The van der Waals surface area contributed by atoms with Crippen molar-refractivity contribution in [2.24, 2.45) is 0 Å². The molecule has 0 amide bonds. The monoisotopic (exact) mass is 273 g/mol. The van der Waals surface area contributed by atoms with Gasteiger partial charge in [-0.15, -0.1) is 0 Å². The first-order valence-electron chi connectivity index (χ1n) is 6.81. The average molecular weight is 273 g/mol. The maximum absolute atomic E-state index is 4.46. The van der Waals surface area contributed by atoms with Crippen molar-refractivity contribution in [1.82, 2.24) is 9.88 Å². The Morgan fingerprint density at radius 1 is 1.16 bits per heavy atom. The maximum Gasteiger partial charge on any atom is 0.133 e. The molecule has 4 heteroatoms. The molecular formula is C15H19N3S. The number of benzene rings is 1. The van der Waals surface area contributed by atoms with Crippen LogP contribution in [0.4, 0.5) is 5.82 Å². The fourth-order valence-corrected chi connectivity index (χ4v) is 3.40. The van der Waals surface area contributed by atoms with E-state index in [1.807, 2.05) is 6.20 Å². The average Bonchev–Trinajstić information content (AvgIpc) is 2.49. The molecule has 1 aromatic carbocycles. The van der Waals surface area contributed by atoms with Gasteiger partial charge in [0.2, 0.25) is 0 Å². The second-order valence-electron chi connectivity index (χ2n) is 4.76. The minimum atomic E-state index is 0.964. The number of hydrogen-bond acceptors (Lipinski definition) is 4. The highest BCUT2D eigenvalue weighted by Crippen LogP contribution is 2.20. The summed E-state index contributed by atoms with van der Waals surface area (Å²) in [6, 6.07) is 10.4. The Labute approximate surface area is 118 Å². The van der Waals surface area contributed by atoms with Crippen molar-refractivity contribution in [2.45, 2.75) is 0 Å². The summed E-state index contributed by atoms with van der Waals surface area (Å²) < 4.78 is 0. The molecule has 0 atom stereocenters. The van der Waals surface area contributed by atoms with Gasteiger partial charge in [-0.05, 0) is 11.5 Å². The first kappa shape index (κ1) is 12.8. The summed E-state index contributed by atoms with van der Waals surface area (Å²) in [5.74, 6) is 3.54. The Bertz CT molecular complexity index is 532. The third kappa shape index (κ3) is 3.19. The van der Waals surface area contributed by atoms with Crippen molar-refractivity contribution >= 4 is 28.4 Å². The normalized spacial score (nSPS) is 16.6. The quantitative estimate of drug-likeness (QED) is 0.927. The molecular weight excluding hydrogens is 254 g/mol. The summed E-state index contributed by atoms with van der Waals surface area (Å²) in [6.45, 7) is 4.50. The number of nitrogens with one attached hydrogen (secondary N) is 1. The van der Waals surface area contributed by atoms with E-state index in [0.717, 1.165) is 18.9 Å². The van der Waals surface area contributed by atoms with Gasteiger partial charge in [0.1, 0.15) is 5.82 Å². The number of fused-ring (bicyclic) bond motifs is 1. The fraction of sp³-hybridized carbons (Fsp3) is 0.400. The predicted octanol–water partition coefficient (Wildman–Crippen LogP) is 2.70. The molecule has 19 heavy (non-hydrogen) atoms. The van der Waals surface area contributed by atoms with Crippen LogP contribution in [0.25, 0.3) is 10.8 Å². The minimum absolute atomic E-state index is 0.964. The standard InChI is InChI=1S/C15H19N3S/c1-2-4-14-13(3-1)5-6-16-15(14)17-7-8-18-9-11-19-12-10-18/h1-6H,7-12H2,(H,16,17). The van der Waals surface area contributed by atoms with Crippen LogP contribution in [0.5, 0.6) is 0 Å². The Morgan fingerprint density at radius 3 is 2.89 bits per heavy atom. The van der Waals surface area contributed by atoms with Crippen molar-refractivity contribution in [3.8, 4) is 0 Å². The van der Waals surface area contributed by atoms with Crippen LogP contribution < -0.4 is 5.32 Å². The first-order chi connectivity index (χ1) is 9.43. The second-order valence-corrected chi connectivity index (χ2v) is 5.99. The van der Waals surface area contributed by atoms with Crippen molar-refractivity contribution < 1.29 is 0 Å². The second kappa shape index (κ2) is 6.26. The molecule has 1 saturated heterocycles.